The van der Waals surface area contributed by atoms with Gasteiger partial charge in [0, 0.05) is 19.1 Å². The van der Waals surface area contributed by atoms with Crippen LogP contribution in [0.5, 0.6) is 0 Å². The maximum Gasteiger partial charge on any atom is 0.0557 e. The number of rotatable bonds is 3. The van der Waals surface area contributed by atoms with E-state index >= 15 is 0 Å². The van der Waals surface area contributed by atoms with Crippen molar-refractivity contribution in [1.29, 1.82) is 0 Å². The minimum atomic E-state index is 0.154. The molecule has 1 aliphatic carbocycles. The number of benzene rings is 1. The van der Waals surface area contributed by atoms with Crippen molar-refractivity contribution in [3.8, 4) is 0 Å². The van der Waals surface area contributed by atoms with Crippen LogP contribution < -0.4 is 5.32 Å². The Kier molecular flexibility index (Phi) is 3.16. The van der Waals surface area contributed by atoms with Gasteiger partial charge in [-0.05, 0) is 37.8 Å². The zero-order valence-electron chi connectivity index (χ0n) is 11.5. The second-order valence-electron chi connectivity index (χ2n) is 6.00. The van der Waals surface area contributed by atoms with Crippen LogP contribution in [0.15, 0.2) is 30.3 Å². The fourth-order valence-corrected chi connectivity index (χ4v) is 3.32. The van der Waals surface area contributed by atoms with E-state index in [1.165, 1.54) is 24.9 Å². The van der Waals surface area contributed by atoms with Gasteiger partial charge in [0.2, 0.25) is 0 Å². The second kappa shape index (κ2) is 4.67. The van der Waals surface area contributed by atoms with Gasteiger partial charge in [0.05, 0.1) is 5.54 Å². The smallest absolute Gasteiger partial charge is 0.0557 e. The van der Waals surface area contributed by atoms with Crippen LogP contribution in [0, 0.1) is 5.92 Å². The highest BCUT2D eigenvalue weighted by molar-refractivity contribution is 5.25. The molecule has 0 spiro atoms. The number of nitrogens with zero attached hydrogens (tertiary/aromatic N) is 1. The second-order valence-corrected chi connectivity index (χ2v) is 6.00. The van der Waals surface area contributed by atoms with Crippen molar-refractivity contribution < 1.29 is 0 Å². The molecule has 3 rings (SSSR count). The summed E-state index contributed by atoms with van der Waals surface area (Å²) in [7, 11) is 0. The van der Waals surface area contributed by atoms with Crippen molar-refractivity contribution >= 4 is 0 Å². The van der Waals surface area contributed by atoms with Gasteiger partial charge in [-0.3, -0.25) is 4.90 Å². The van der Waals surface area contributed by atoms with Crippen molar-refractivity contribution in [2.45, 2.75) is 38.3 Å². The molecular formula is C16H24N2. The molecule has 0 bridgehead atoms. The summed E-state index contributed by atoms with van der Waals surface area (Å²) in [5.41, 5.74) is 1.59. The van der Waals surface area contributed by atoms with E-state index in [2.05, 4.69) is 54.4 Å². The Morgan fingerprint density at radius 3 is 2.61 bits per heavy atom. The molecule has 1 saturated carbocycles. The molecule has 0 amide bonds. The molecule has 1 aromatic rings. The Labute approximate surface area is 110 Å². The number of nitrogens with one attached hydrogen (secondary N) is 1. The molecule has 2 fully saturated rings. The lowest BCUT2D eigenvalue weighted by Gasteiger charge is -2.48. The molecule has 1 N–H and O–H groups in total. The molecule has 0 radical (unpaired) electrons. The topological polar surface area (TPSA) is 15.3 Å². The van der Waals surface area contributed by atoms with Crippen LogP contribution in [-0.4, -0.2) is 30.6 Å². The number of hydrogen-bond donors (Lipinski definition) is 1. The Morgan fingerprint density at radius 1 is 1.28 bits per heavy atom. The van der Waals surface area contributed by atoms with E-state index in [9.17, 15) is 0 Å². The van der Waals surface area contributed by atoms with Crippen LogP contribution in [0.3, 0.4) is 0 Å². The monoisotopic (exact) mass is 244 g/mol. The molecular weight excluding hydrogens is 220 g/mol. The van der Waals surface area contributed by atoms with Crippen LogP contribution in [0.2, 0.25) is 0 Å². The van der Waals surface area contributed by atoms with E-state index in [1.807, 2.05) is 0 Å². The molecule has 18 heavy (non-hydrogen) atoms. The normalized spacial score (nSPS) is 33.6. The summed E-state index contributed by atoms with van der Waals surface area (Å²) >= 11 is 0. The van der Waals surface area contributed by atoms with Crippen LogP contribution >= 0.6 is 0 Å². The van der Waals surface area contributed by atoms with Gasteiger partial charge < -0.3 is 5.32 Å². The highest BCUT2D eigenvalue weighted by Crippen LogP contribution is 2.38. The van der Waals surface area contributed by atoms with Crippen molar-refractivity contribution in [2.75, 3.05) is 19.6 Å². The highest BCUT2D eigenvalue weighted by atomic mass is 15.3. The third-order valence-electron chi connectivity index (χ3n) is 4.79. The number of piperazine rings is 1. The zero-order valence-corrected chi connectivity index (χ0v) is 11.5. The molecule has 2 aliphatic rings. The average molecular weight is 244 g/mol. The molecule has 2 heteroatoms. The summed E-state index contributed by atoms with van der Waals surface area (Å²) in [6.07, 6.45) is 2.86. The predicted molar refractivity (Wildman–Crippen MR) is 75.6 cm³/mol. The molecule has 2 atom stereocenters. The Bertz CT molecular complexity index is 399. The van der Waals surface area contributed by atoms with Gasteiger partial charge in [-0.15, -0.1) is 0 Å². The van der Waals surface area contributed by atoms with Crippen LogP contribution in [0.4, 0.5) is 0 Å². The van der Waals surface area contributed by atoms with E-state index in [4.69, 9.17) is 0 Å². The Hall–Kier alpha value is -0.860. The molecule has 2 nitrogen and oxygen atoms in total. The highest BCUT2D eigenvalue weighted by Gasteiger charge is 2.42. The molecule has 1 aromatic carbocycles. The third kappa shape index (κ3) is 2.08. The van der Waals surface area contributed by atoms with Crippen LogP contribution in [-0.2, 0) is 5.54 Å². The zero-order chi connectivity index (χ0) is 12.6. The summed E-state index contributed by atoms with van der Waals surface area (Å²) < 4.78 is 0. The van der Waals surface area contributed by atoms with Gasteiger partial charge >= 0.3 is 0 Å². The number of hydrogen-bond acceptors (Lipinski definition) is 2. The summed E-state index contributed by atoms with van der Waals surface area (Å²) in [4.78, 5) is 2.65. The molecule has 0 aromatic heterocycles. The molecule has 1 heterocycles. The van der Waals surface area contributed by atoms with Crippen molar-refractivity contribution in [1.82, 2.24) is 10.2 Å². The van der Waals surface area contributed by atoms with Crippen LogP contribution in [0.1, 0.15) is 32.3 Å². The molecule has 1 aliphatic heterocycles. The Morgan fingerprint density at radius 2 is 2.00 bits per heavy atom. The lowest BCUT2D eigenvalue weighted by Crippen LogP contribution is -2.61. The Balaban J connectivity index is 1.82. The first-order valence-corrected chi connectivity index (χ1v) is 7.28. The van der Waals surface area contributed by atoms with E-state index in [0.717, 1.165) is 25.0 Å². The molecule has 2 unspecified atom stereocenters. The van der Waals surface area contributed by atoms with Gasteiger partial charge in [0.15, 0.2) is 0 Å². The van der Waals surface area contributed by atoms with Gasteiger partial charge in [-0.1, -0.05) is 37.3 Å². The SMILES string of the molecule is CCN1CC(C2CC2)NCC1(C)c1ccccc1. The maximum atomic E-state index is 3.79. The van der Waals surface area contributed by atoms with E-state index in [1.54, 1.807) is 0 Å². The number of likely N-dealkylation sites (N-methyl/N-ethyl adjacent to an activating group) is 1. The quantitative estimate of drug-likeness (QED) is 0.879. The fourth-order valence-electron chi connectivity index (χ4n) is 3.32. The van der Waals surface area contributed by atoms with Crippen molar-refractivity contribution in [3.05, 3.63) is 35.9 Å². The summed E-state index contributed by atoms with van der Waals surface area (Å²) in [6, 6.07) is 11.7. The van der Waals surface area contributed by atoms with E-state index in [0.29, 0.717) is 0 Å². The van der Waals surface area contributed by atoms with Gasteiger partial charge in [-0.25, -0.2) is 0 Å². The predicted octanol–water partition coefficient (Wildman–Crippen LogP) is 2.61. The van der Waals surface area contributed by atoms with E-state index in [-0.39, 0.29) is 5.54 Å². The lowest BCUT2D eigenvalue weighted by molar-refractivity contribution is 0.0499. The fraction of sp³-hybridized carbons (Fsp3) is 0.625. The average Bonchev–Trinajstić information content (AvgIpc) is 3.25. The van der Waals surface area contributed by atoms with Crippen molar-refractivity contribution in [3.63, 3.8) is 0 Å². The van der Waals surface area contributed by atoms with Gasteiger partial charge in [0.1, 0.15) is 0 Å². The first kappa shape index (κ1) is 12.2. The summed E-state index contributed by atoms with van der Waals surface area (Å²) in [5, 5.41) is 3.79. The maximum absolute atomic E-state index is 3.79. The van der Waals surface area contributed by atoms with Gasteiger partial charge in [-0.2, -0.15) is 0 Å². The largest absolute Gasteiger partial charge is 0.310 e. The molecule has 1 saturated heterocycles. The summed E-state index contributed by atoms with van der Waals surface area (Å²) in [6.45, 7) is 8.08. The minimum absolute atomic E-state index is 0.154. The van der Waals surface area contributed by atoms with Gasteiger partial charge in [0.25, 0.3) is 0 Å². The van der Waals surface area contributed by atoms with Crippen LogP contribution in [0.25, 0.3) is 0 Å². The summed E-state index contributed by atoms with van der Waals surface area (Å²) in [5.74, 6) is 0.944. The third-order valence-corrected chi connectivity index (χ3v) is 4.79. The van der Waals surface area contributed by atoms with E-state index < -0.39 is 0 Å². The molecule has 98 valence electrons. The first-order chi connectivity index (χ1) is 8.74. The standard InChI is InChI=1S/C16H24N2/c1-3-18-11-15(13-9-10-13)17-12-16(18,2)14-7-5-4-6-8-14/h4-8,13,15,17H,3,9-12H2,1-2H3. The van der Waals surface area contributed by atoms with Crippen molar-refractivity contribution in [2.24, 2.45) is 5.92 Å². The first-order valence-electron chi connectivity index (χ1n) is 7.28. The minimum Gasteiger partial charge on any atom is -0.310 e. The lowest BCUT2D eigenvalue weighted by atomic mass is 9.86.